The fourth-order valence-corrected chi connectivity index (χ4v) is 2.49. The Balaban J connectivity index is 1.51. The van der Waals surface area contributed by atoms with E-state index in [0.29, 0.717) is 22.6 Å². The lowest BCUT2D eigenvalue weighted by Gasteiger charge is -2.01. The number of methoxy groups -OCH3 is 1. The molecule has 0 saturated heterocycles. The van der Waals surface area contributed by atoms with Gasteiger partial charge in [-0.05, 0) is 24.3 Å². The minimum atomic E-state index is -0.510. The topological polar surface area (TPSA) is 87.6 Å². The van der Waals surface area contributed by atoms with Crippen molar-refractivity contribution >= 4 is 17.7 Å². The third-order valence-electron chi connectivity index (χ3n) is 2.94. The molecule has 24 heavy (non-hydrogen) atoms. The van der Waals surface area contributed by atoms with Gasteiger partial charge in [-0.25, -0.2) is 4.79 Å². The quantitative estimate of drug-likeness (QED) is 0.475. The van der Waals surface area contributed by atoms with Gasteiger partial charge in [0.2, 0.25) is 5.76 Å². The van der Waals surface area contributed by atoms with Crippen molar-refractivity contribution in [2.45, 2.75) is 17.6 Å². The number of hydrogen-bond donors (Lipinski definition) is 0. The van der Waals surface area contributed by atoms with E-state index in [1.807, 2.05) is 30.3 Å². The van der Waals surface area contributed by atoms with E-state index in [0.717, 1.165) is 5.75 Å². The Labute approximate surface area is 142 Å². The molecule has 1 aromatic carbocycles. The molecule has 0 saturated carbocycles. The molecule has 0 amide bonds. The summed E-state index contributed by atoms with van der Waals surface area (Å²) in [6, 6.07) is 12.6. The molecule has 124 valence electrons. The predicted molar refractivity (Wildman–Crippen MR) is 84.7 cm³/mol. The number of carbonyl (C=O) groups excluding carboxylic acids is 1. The van der Waals surface area contributed by atoms with Crippen molar-refractivity contribution in [3.63, 3.8) is 0 Å². The van der Waals surface area contributed by atoms with Crippen molar-refractivity contribution < 1.29 is 23.1 Å². The van der Waals surface area contributed by atoms with Crippen molar-refractivity contribution in [2.24, 2.45) is 0 Å². The smallest absolute Gasteiger partial charge is 0.373 e. The fraction of sp³-hybridized carbons (Fsp3) is 0.188. The normalized spacial score (nSPS) is 10.5. The van der Waals surface area contributed by atoms with Crippen LogP contribution >= 0.6 is 11.8 Å². The van der Waals surface area contributed by atoms with Gasteiger partial charge in [0.05, 0.1) is 12.9 Å². The molecule has 8 heteroatoms. The summed E-state index contributed by atoms with van der Waals surface area (Å²) in [5, 5.41) is 8.26. The van der Waals surface area contributed by atoms with Crippen molar-refractivity contribution in [3.05, 3.63) is 59.9 Å². The molecule has 0 aliphatic carbocycles. The fourth-order valence-electron chi connectivity index (χ4n) is 1.82. The van der Waals surface area contributed by atoms with E-state index in [1.165, 1.54) is 18.9 Å². The number of thioether (sulfide) groups is 1. The third kappa shape index (κ3) is 4.17. The number of carbonyl (C=O) groups is 1. The van der Waals surface area contributed by atoms with Crippen molar-refractivity contribution in [2.75, 3.05) is 7.11 Å². The number of hydrogen-bond acceptors (Lipinski definition) is 8. The average molecular weight is 346 g/mol. The summed E-state index contributed by atoms with van der Waals surface area (Å²) in [6.07, 6.45) is 0. The molecule has 0 fully saturated rings. The maximum Gasteiger partial charge on any atom is 0.373 e. The SMILES string of the molecule is COC(=O)c1ccc(CSc2nnc(COc3ccccc3)o2)o1. The molecule has 0 aliphatic heterocycles. The summed E-state index contributed by atoms with van der Waals surface area (Å²) in [6.45, 7) is 0.199. The first-order chi connectivity index (χ1) is 11.7. The minimum absolute atomic E-state index is 0.163. The Morgan fingerprint density at radius 1 is 1.12 bits per heavy atom. The van der Waals surface area contributed by atoms with Crippen molar-refractivity contribution in [3.8, 4) is 5.75 Å². The van der Waals surface area contributed by atoms with Crippen LogP contribution in [-0.4, -0.2) is 23.3 Å². The summed E-state index contributed by atoms with van der Waals surface area (Å²) >= 11 is 1.31. The molecule has 0 radical (unpaired) electrons. The standard InChI is InChI=1S/C16H14N2O5S/c1-20-15(19)13-8-7-12(22-13)10-24-16-18-17-14(23-16)9-21-11-5-3-2-4-6-11/h2-8H,9-10H2,1H3. The van der Waals surface area contributed by atoms with Crippen LogP contribution in [0.5, 0.6) is 5.75 Å². The molecular weight excluding hydrogens is 332 g/mol. The Bertz CT molecular complexity index is 800. The number of esters is 1. The number of para-hydroxylation sites is 1. The maximum absolute atomic E-state index is 11.3. The lowest BCUT2D eigenvalue weighted by molar-refractivity contribution is 0.0563. The minimum Gasteiger partial charge on any atom is -0.484 e. The van der Waals surface area contributed by atoms with Gasteiger partial charge in [-0.1, -0.05) is 30.0 Å². The molecule has 0 unspecified atom stereocenters. The molecule has 0 aliphatic rings. The van der Waals surface area contributed by atoms with E-state index in [-0.39, 0.29) is 12.4 Å². The first-order valence-corrected chi connectivity index (χ1v) is 8.03. The molecule has 0 spiro atoms. The largest absolute Gasteiger partial charge is 0.484 e. The van der Waals surface area contributed by atoms with Crippen LogP contribution in [0.1, 0.15) is 22.2 Å². The van der Waals surface area contributed by atoms with Gasteiger partial charge < -0.3 is 18.3 Å². The first kappa shape index (κ1) is 16.1. The molecule has 0 bridgehead atoms. The monoisotopic (exact) mass is 346 g/mol. The van der Waals surface area contributed by atoms with Gasteiger partial charge >= 0.3 is 5.97 Å². The average Bonchev–Trinajstić information content (AvgIpc) is 3.28. The molecule has 0 N–H and O–H groups in total. The number of nitrogens with zero attached hydrogens (tertiary/aromatic N) is 2. The number of rotatable bonds is 7. The molecular formula is C16H14N2O5S. The summed E-state index contributed by atoms with van der Waals surface area (Å²) in [4.78, 5) is 11.3. The second kappa shape index (κ2) is 7.69. The number of aromatic nitrogens is 2. The molecule has 2 aromatic heterocycles. The van der Waals surface area contributed by atoms with Gasteiger partial charge in [-0.15, -0.1) is 10.2 Å². The highest BCUT2D eigenvalue weighted by Gasteiger charge is 2.13. The van der Waals surface area contributed by atoms with Gasteiger partial charge in [0, 0.05) is 0 Å². The van der Waals surface area contributed by atoms with Crippen LogP contribution in [0, 0.1) is 0 Å². The number of benzene rings is 1. The van der Waals surface area contributed by atoms with Gasteiger partial charge in [-0.2, -0.15) is 0 Å². The van der Waals surface area contributed by atoms with Gasteiger partial charge in [-0.3, -0.25) is 0 Å². The molecule has 3 aromatic rings. The van der Waals surface area contributed by atoms with Gasteiger partial charge in [0.15, 0.2) is 6.61 Å². The van der Waals surface area contributed by atoms with Crippen molar-refractivity contribution in [1.29, 1.82) is 0 Å². The second-order valence-corrected chi connectivity index (χ2v) is 5.54. The predicted octanol–water partition coefficient (Wildman–Crippen LogP) is 3.32. The van der Waals surface area contributed by atoms with Crippen LogP contribution in [0.2, 0.25) is 0 Å². The highest BCUT2D eigenvalue weighted by atomic mass is 32.2. The second-order valence-electron chi connectivity index (χ2n) is 4.61. The van der Waals surface area contributed by atoms with Crippen LogP contribution in [0.25, 0.3) is 0 Å². The lowest BCUT2D eigenvalue weighted by atomic mass is 10.3. The zero-order valence-corrected chi connectivity index (χ0v) is 13.6. The van der Waals surface area contributed by atoms with Crippen molar-refractivity contribution in [1.82, 2.24) is 10.2 Å². The maximum atomic E-state index is 11.3. The summed E-state index contributed by atoms with van der Waals surface area (Å²) in [5.74, 6) is 1.84. The van der Waals surface area contributed by atoms with Gasteiger partial charge in [0.1, 0.15) is 11.5 Å². The Hall–Kier alpha value is -2.74. The zero-order chi connectivity index (χ0) is 16.8. The molecule has 2 heterocycles. The Kier molecular flexibility index (Phi) is 5.17. The van der Waals surface area contributed by atoms with Crippen LogP contribution in [0.4, 0.5) is 0 Å². The summed E-state index contributed by atoms with van der Waals surface area (Å²) in [5.41, 5.74) is 0. The van der Waals surface area contributed by atoms with E-state index in [2.05, 4.69) is 14.9 Å². The van der Waals surface area contributed by atoms with E-state index in [9.17, 15) is 4.79 Å². The molecule has 7 nitrogen and oxygen atoms in total. The van der Waals surface area contributed by atoms with E-state index >= 15 is 0 Å². The zero-order valence-electron chi connectivity index (χ0n) is 12.8. The first-order valence-electron chi connectivity index (χ1n) is 7.04. The highest BCUT2D eigenvalue weighted by Crippen LogP contribution is 2.23. The van der Waals surface area contributed by atoms with Crippen LogP contribution in [0.3, 0.4) is 0 Å². The molecule has 3 rings (SSSR count). The van der Waals surface area contributed by atoms with Crippen LogP contribution in [0.15, 0.2) is 56.5 Å². The van der Waals surface area contributed by atoms with Crippen LogP contribution < -0.4 is 4.74 Å². The number of ether oxygens (including phenoxy) is 2. The number of furan rings is 1. The third-order valence-corrected chi connectivity index (χ3v) is 3.78. The van der Waals surface area contributed by atoms with E-state index < -0.39 is 5.97 Å². The lowest BCUT2D eigenvalue weighted by Crippen LogP contribution is -1.98. The molecule has 0 atom stereocenters. The summed E-state index contributed by atoms with van der Waals surface area (Å²) in [7, 11) is 1.30. The Morgan fingerprint density at radius 3 is 2.75 bits per heavy atom. The Morgan fingerprint density at radius 2 is 1.96 bits per heavy atom. The highest BCUT2D eigenvalue weighted by molar-refractivity contribution is 7.98. The van der Waals surface area contributed by atoms with E-state index in [4.69, 9.17) is 13.6 Å². The van der Waals surface area contributed by atoms with E-state index in [1.54, 1.807) is 12.1 Å². The van der Waals surface area contributed by atoms with Crippen LogP contribution in [-0.2, 0) is 17.1 Å². The summed E-state index contributed by atoms with van der Waals surface area (Å²) < 4.78 is 21.0. The van der Waals surface area contributed by atoms with Gasteiger partial charge in [0.25, 0.3) is 11.1 Å².